The maximum atomic E-state index is 13.2. The summed E-state index contributed by atoms with van der Waals surface area (Å²) in [5.74, 6) is -1.24. The van der Waals surface area contributed by atoms with E-state index >= 15 is 0 Å². The number of anilines is 3. The number of rotatable bonds is 11. The average molecular weight is 1420 g/mol. The number of ketones is 3. The number of urea groups is 3. The molecule has 0 fully saturated rings. The summed E-state index contributed by atoms with van der Waals surface area (Å²) in [6.07, 6.45) is -9.48. The third kappa shape index (κ3) is 14.0. The molecule has 0 saturated heterocycles. The number of allylic oxidation sites excluding steroid dienone is 3. The number of carbonyl (C=O) groups is 6. The highest BCUT2D eigenvalue weighted by Crippen LogP contribution is 2.47. The Bertz CT molecular complexity index is 5090. The number of alkyl halides is 8. The summed E-state index contributed by atoms with van der Waals surface area (Å²) >= 11 is 0. The Morgan fingerprint density at radius 2 is 0.768 bits per heavy atom. The number of hydrogen-bond acceptors (Lipinski definition) is 15. The van der Waals surface area contributed by atoms with Gasteiger partial charge in [0.05, 0.1) is 102 Å². The van der Waals surface area contributed by atoms with E-state index in [1.165, 1.54) is 103 Å². The van der Waals surface area contributed by atoms with Crippen molar-refractivity contribution in [1.82, 2.24) is 16.0 Å². The van der Waals surface area contributed by atoms with E-state index in [2.05, 4.69) is 16.0 Å². The second-order valence-electron chi connectivity index (χ2n) is 23.0. The zero-order chi connectivity index (χ0) is 72.2. The number of nitrogens with zero attached hydrogens (tertiary/aromatic N) is 6. The minimum atomic E-state index is -4.63. The van der Waals surface area contributed by atoms with Crippen LogP contribution < -0.4 is 30.7 Å². The Hall–Kier alpha value is -10.9. The molecule has 12 rings (SSSR count). The minimum Gasteiger partial charge on any atom is -0.326 e. The first-order valence-electron chi connectivity index (χ1n) is 29.6. The largest absolute Gasteiger partial charge is 0.416 e. The van der Waals surface area contributed by atoms with Gasteiger partial charge >= 0.3 is 30.4 Å². The van der Waals surface area contributed by atoms with E-state index < -0.39 is 95.6 Å². The van der Waals surface area contributed by atoms with Gasteiger partial charge in [0.1, 0.15) is 0 Å². The van der Waals surface area contributed by atoms with Crippen LogP contribution in [-0.4, -0.2) is 79.0 Å². The number of carbonyl (C=O) groups excluding carboxylic acids is 6. The number of halogens is 8. The molecule has 0 radical (unpaired) electrons. The molecule has 3 atom stereocenters. The summed E-state index contributed by atoms with van der Waals surface area (Å²) < 4.78 is 181. The Labute approximate surface area is 559 Å². The van der Waals surface area contributed by atoms with Crippen LogP contribution >= 0.6 is 0 Å². The molecule has 6 amide bonds. The summed E-state index contributed by atoms with van der Waals surface area (Å²) in [4.78, 5) is 80.3. The van der Waals surface area contributed by atoms with Gasteiger partial charge in [0.15, 0.2) is 46.9 Å². The van der Waals surface area contributed by atoms with Gasteiger partial charge in [0.25, 0.3) is 6.43 Å². The summed E-state index contributed by atoms with van der Waals surface area (Å²) in [6.45, 7) is 1.43. The van der Waals surface area contributed by atoms with Crippen LogP contribution in [0.2, 0.25) is 0 Å². The van der Waals surface area contributed by atoms with E-state index in [4.69, 9.17) is 10.5 Å². The molecule has 99 heavy (non-hydrogen) atoms. The molecule has 3 unspecified atom stereocenters. The van der Waals surface area contributed by atoms with Crippen molar-refractivity contribution in [3.63, 3.8) is 0 Å². The quantitative estimate of drug-likeness (QED) is 0.102. The van der Waals surface area contributed by atoms with E-state index in [0.29, 0.717) is 5.70 Å². The maximum absolute atomic E-state index is 13.2. The van der Waals surface area contributed by atoms with Gasteiger partial charge in [-0.05, 0) is 121 Å². The number of benzene rings is 6. The topological polar surface area (TPSA) is 322 Å². The highest BCUT2D eigenvalue weighted by molar-refractivity contribution is 7.91. The van der Waals surface area contributed by atoms with Gasteiger partial charge < -0.3 is 16.0 Å². The van der Waals surface area contributed by atoms with Crippen molar-refractivity contribution in [3.8, 4) is 18.2 Å². The molecule has 3 N–H and O–H groups in total. The number of nitrogens with one attached hydrogen (secondary N) is 3. The van der Waals surface area contributed by atoms with Gasteiger partial charge in [-0.3, -0.25) is 29.1 Å². The minimum absolute atomic E-state index is 0.0239. The molecule has 6 aromatic carbocycles. The van der Waals surface area contributed by atoms with Crippen LogP contribution in [-0.2, 0) is 56.2 Å². The predicted molar refractivity (Wildman–Crippen MR) is 337 cm³/mol. The molecule has 0 spiro atoms. The first-order chi connectivity index (χ1) is 46.5. The molecular weight excluding hydrogens is 1370 g/mol. The first-order valence-corrected chi connectivity index (χ1v) is 35.0. The lowest BCUT2D eigenvalue weighted by atomic mass is 9.94. The number of nitriles is 3. The van der Waals surface area contributed by atoms with Crippen LogP contribution in [0, 0.1) is 34.0 Å². The van der Waals surface area contributed by atoms with Gasteiger partial charge in [0.2, 0.25) is 0 Å². The molecule has 3 aliphatic carbocycles. The third-order valence-corrected chi connectivity index (χ3v) is 20.9. The van der Waals surface area contributed by atoms with Crippen LogP contribution in [0.25, 0.3) is 0 Å². The van der Waals surface area contributed by atoms with Crippen molar-refractivity contribution in [2.75, 3.05) is 33.0 Å². The summed E-state index contributed by atoms with van der Waals surface area (Å²) in [6, 6.07) is 25.6. The maximum Gasteiger partial charge on any atom is 0.416 e. The van der Waals surface area contributed by atoms with Crippen molar-refractivity contribution >= 4 is 82.0 Å². The SMILES string of the molecule is CCS(=O)(=O)c1cc(C#N)ccc1C1NC(=O)N(c2cccc(C(F)(F)F)c2)C2=C1C(=O)CC2.CS(=O)(=O)c1cc(C#N)ccc1C1NC(=O)N(c2cccc(C(F)(F)F)c2)C2=C1C(=O)CC2.CS(=O)(=O)c1cc(C#N)ccc1C1NC(=O)N(c2cccc(C(F)F)c2)C2=C1C(=O)CC2. The molecule has 0 saturated carbocycles. The molecule has 3 heterocycles. The van der Waals surface area contributed by atoms with Crippen molar-refractivity contribution < 1.29 is 89.1 Å². The number of amides is 6. The fourth-order valence-electron chi connectivity index (χ4n) is 12.4. The van der Waals surface area contributed by atoms with Gasteiger partial charge in [0, 0.05) is 71.1 Å². The molecule has 6 aliphatic rings. The van der Waals surface area contributed by atoms with Crippen molar-refractivity contribution in [2.45, 2.75) is 97.0 Å². The second kappa shape index (κ2) is 26.9. The fraction of sp³-hybridized carbons (Fsp3) is 0.239. The average Bonchev–Trinajstić information content (AvgIpc) is 1.74. The molecule has 510 valence electrons. The monoisotopic (exact) mass is 1420 g/mol. The van der Waals surface area contributed by atoms with Crippen molar-refractivity contribution in [1.29, 1.82) is 15.8 Å². The first kappa shape index (κ1) is 70.9. The Balaban J connectivity index is 0.000000161. The van der Waals surface area contributed by atoms with Crippen LogP contribution in [0.4, 0.5) is 66.6 Å². The summed E-state index contributed by atoms with van der Waals surface area (Å²) in [7, 11) is -11.5. The highest BCUT2D eigenvalue weighted by Gasteiger charge is 2.47. The van der Waals surface area contributed by atoms with Crippen LogP contribution in [0.3, 0.4) is 0 Å². The lowest BCUT2D eigenvalue weighted by Crippen LogP contribution is -2.47. The zero-order valence-electron chi connectivity index (χ0n) is 51.7. The van der Waals surface area contributed by atoms with E-state index in [1.54, 1.807) is 0 Å². The van der Waals surface area contributed by atoms with E-state index in [0.717, 1.165) is 58.7 Å². The molecule has 32 heteroatoms. The molecule has 0 aromatic heterocycles. The summed E-state index contributed by atoms with van der Waals surface area (Å²) in [5, 5.41) is 35.3. The number of hydrogen-bond donors (Lipinski definition) is 3. The van der Waals surface area contributed by atoms with Gasteiger partial charge in [-0.15, -0.1) is 0 Å². The Kier molecular flexibility index (Phi) is 19.2. The standard InChI is InChI=1S/C23H18F3N3O4S.C22H16F3N3O4S.C22H17F2N3O4S/c1-2-34(32,33)19-10-13(12-27)6-7-16(19)21-20-17(8-9-18(20)30)29(22(31)28-21)15-5-3-4-14(11-15)23(24,25)26;1-33(31,32)18-9-12(11-26)5-6-15(18)20-19-16(7-8-17(19)29)28(21(30)27-20)14-4-2-3-13(10-14)22(23,24)25;1-32(30,31)18-9-12(11-25)5-6-15(18)20-19-16(7-8-17(19)28)27(22(29)26-20)14-4-2-3-13(10-14)21(23)24/h3-7,10-11,21H,2,8-9H2,1H3,(H,28,31);2-6,9-10,20H,7-8H2,1H3,(H,27,30);2-6,9-10,20-21H,7-8H2,1H3,(H,26,29). The van der Waals surface area contributed by atoms with Crippen molar-refractivity contribution in [3.05, 3.63) is 211 Å². The van der Waals surface area contributed by atoms with Gasteiger partial charge in [-0.2, -0.15) is 42.1 Å². The smallest absolute Gasteiger partial charge is 0.326 e. The third-order valence-electron chi connectivity index (χ3n) is 16.8. The molecule has 3 aliphatic heterocycles. The molecule has 6 aromatic rings. The predicted octanol–water partition coefficient (Wildman–Crippen LogP) is 11.9. The Morgan fingerprint density at radius 3 is 1.07 bits per heavy atom. The zero-order valence-corrected chi connectivity index (χ0v) is 54.2. The van der Waals surface area contributed by atoms with Crippen LogP contribution in [0.5, 0.6) is 0 Å². The number of Topliss-reactive ketones (excluding diaryl/α,β-unsaturated/α-hetero) is 3. The van der Waals surface area contributed by atoms with Gasteiger partial charge in [-0.1, -0.05) is 49.4 Å². The Morgan fingerprint density at radius 1 is 0.455 bits per heavy atom. The van der Waals surface area contributed by atoms with E-state index in [9.17, 15) is 94.4 Å². The van der Waals surface area contributed by atoms with E-state index in [-0.39, 0.29) is 160 Å². The fourth-order valence-corrected chi connectivity index (χ4v) is 15.4. The molecule has 0 bridgehead atoms. The molecule has 21 nitrogen and oxygen atoms in total. The van der Waals surface area contributed by atoms with E-state index in [1.807, 2.05) is 18.2 Å². The van der Waals surface area contributed by atoms with Crippen LogP contribution in [0.1, 0.15) is 120 Å². The second-order valence-corrected chi connectivity index (χ2v) is 29.3. The lowest BCUT2D eigenvalue weighted by Gasteiger charge is -2.35. The lowest BCUT2D eigenvalue weighted by molar-refractivity contribution is -0.138. The number of sulfone groups is 3. The highest BCUT2D eigenvalue weighted by atomic mass is 32.2. The molecular formula is C67H51F8N9O12S3. The van der Waals surface area contributed by atoms with Crippen LogP contribution in [0.15, 0.2) is 176 Å². The van der Waals surface area contributed by atoms with Gasteiger partial charge in [-0.25, -0.2) is 48.4 Å². The normalized spacial score (nSPS) is 18.6. The summed E-state index contributed by atoms with van der Waals surface area (Å²) in [5.41, 5.74) is -0.179. The van der Waals surface area contributed by atoms with Crippen molar-refractivity contribution in [2.24, 2.45) is 0 Å².